The van der Waals surface area contributed by atoms with E-state index >= 15 is 0 Å². The third-order valence-electron chi connectivity index (χ3n) is 4.81. The minimum atomic E-state index is -0.715. The van der Waals surface area contributed by atoms with E-state index in [1.165, 1.54) is 23.2 Å². The molecule has 0 amide bonds. The van der Waals surface area contributed by atoms with Crippen LogP contribution in [0.5, 0.6) is 0 Å². The summed E-state index contributed by atoms with van der Waals surface area (Å²) in [6, 6.07) is 21.9. The van der Waals surface area contributed by atoms with Gasteiger partial charge in [0.2, 0.25) is 0 Å². The molecule has 0 aromatic heterocycles. The van der Waals surface area contributed by atoms with Crippen LogP contribution in [0, 0.1) is 64.2 Å². The van der Waals surface area contributed by atoms with Crippen molar-refractivity contribution in [2.75, 3.05) is 13.2 Å². The fourth-order valence-corrected chi connectivity index (χ4v) is 6.51. The predicted octanol–water partition coefficient (Wildman–Crippen LogP) is 5.93. The summed E-state index contributed by atoms with van der Waals surface area (Å²) in [5.41, 5.74) is 0. The van der Waals surface area contributed by atoms with Crippen molar-refractivity contribution in [2.24, 2.45) is 0 Å². The first-order valence-electron chi connectivity index (χ1n) is 11.5. The monoisotopic (exact) mass is 486 g/mol. The Morgan fingerprint density at radius 2 is 0.848 bits per heavy atom. The van der Waals surface area contributed by atoms with Crippen molar-refractivity contribution >= 4 is 19.2 Å². The maximum atomic E-state index is 4.94. The standard InChI is InChI=1S/C16H19Si.2C5H5.C4H8O.Sc/c1-16(2,3)17(14-10-6-4-7-11-14)15-12-8-5-9-13-15;3*1-2-4-5-3-1;/h4-13H,1-3H3;2*1-5H;1-4H2;. The summed E-state index contributed by atoms with van der Waals surface area (Å²) in [6.45, 7) is 9.05. The van der Waals surface area contributed by atoms with Gasteiger partial charge in [0.1, 0.15) is 8.80 Å². The summed E-state index contributed by atoms with van der Waals surface area (Å²) in [4.78, 5) is 0. The van der Waals surface area contributed by atoms with Crippen LogP contribution in [0.15, 0.2) is 60.7 Å². The predicted molar refractivity (Wildman–Crippen MR) is 141 cm³/mol. The van der Waals surface area contributed by atoms with E-state index in [2.05, 4.69) is 81.4 Å². The molecule has 0 bridgehead atoms. The van der Waals surface area contributed by atoms with Gasteiger partial charge in [0.15, 0.2) is 0 Å². The topological polar surface area (TPSA) is 9.23 Å². The van der Waals surface area contributed by atoms with Crippen LogP contribution in [0.25, 0.3) is 0 Å². The molecular formula is C30H37OScSi. The van der Waals surface area contributed by atoms with Crippen LogP contribution in [0.2, 0.25) is 5.04 Å². The van der Waals surface area contributed by atoms with Crippen molar-refractivity contribution in [3.8, 4) is 0 Å². The summed E-state index contributed by atoms with van der Waals surface area (Å²) in [5, 5.41) is 3.32. The first-order chi connectivity index (χ1) is 15.6. The molecule has 3 heteroatoms. The fraction of sp³-hybridized carbons (Fsp3) is 0.267. The Labute approximate surface area is 225 Å². The van der Waals surface area contributed by atoms with Gasteiger partial charge in [-0.2, -0.15) is 0 Å². The van der Waals surface area contributed by atoms with Gasteiger partial charge in [-0.05, 0) is 82.1 Å². The molecule has 0 N–H and O–H groups in total. The number of rotatable bonds is 2. The van der Waals surface area contributed by atoms with Crippen molar-refractivity contribution in [3.05, 3.63) is 125 Å². The third kappa shape index (κ3) is 13.8. The van der Waals surface area contributed by atoms with E-state index in [-0.39, 0.29) is 25.8 Å². The summed E-state index contributed by atoms with van der Waals surface area (Å²) in [6.07, 6.45) is 22.6. The molecule has 2 aromatic rings. The zero-order chi connectivity index (χ0) is 22.9. The Morgan fingerprint density at radius 3 is 1.06 bits per heavy atom. The zero-order valence-corrected chi connectivity index (χ0v) is 23.2. The van der Waals surface area contributed by atoms with E-state index in [4.69, 9.17) is 4.74 Å². The Bertz CT molecular complexity index is 585. The van der Waals surface area contributed by atoms with Crippen LogP contribution in [0.1, 0.15) is 33.6 Å². The summed E-state index contributed by atoms with van der Waals surface area (Å²) >= 11 is 0. The second-order valence-electron chi connectivity index (χ2n) is 8.60. The van der Waals surface area contributed by atoms with E-state index in [1.54, 1.807) is 0 Å². The quantitative estimate of drug-likeness (QED) is 0.478. The van der Waals surface area contributed by atoms with Crippen molar-refractivity contribution in [1.82, 2.24) is 0 Å². The average Bonchev–Trinajstić information content (AvgIpc) is 3.62. The molecule has 33 heavy (non-hydrogen) atoms. The second kappa shape index (κ2) is 18.8. The molecule has 1 saturated heterocycles. The molecule has 1 nitrogen and oxygen atoms in total. The maximum absolute atomic E-state index is 4.94. The normalized spacial score (nSPS) is 17.0. The molecule has 3 fully saturated rings. The molecule has 0 atom stereocenters. The summed E-state index contributed by atoms with van der Waals surface area (Å²) in [7, 11) is -0.715. The molecule has 1 aliphatic heterocycles. The third-order valence-corrected chi connectivity index (χ3v) is 8.13. The van der Waals surface area contributed by atoms with Crippen LogP contribution >= 0.6 is 0 Å². The van der Waals surface area contributed by atoms with E-state index < -0.39 is 8.80 Å². The number of hydrogen-bond donors (Lipinski definition) is 0. The van der Waals surface area contributed by atoms with Gasteiger partial charge >= 0.3 is 0 Å². The van der Waals surface area contributed by atoms with E-state index in [0.29, 0.717) is 5.04 Å². The van der Waals surface area contributed by atoms with E-state index in [9.17, 15) is 0 Å². The molecule has 12 radical (unpaired) electrons. The number of ether oxygens (including phenoxy) is 1. The largest absolute Gasteiger partial charge is 0.381 e. The van der Waals surface area contributed by atoms with Gasteiger partial charge in [-0.25, -0.2) is 0 Å². The minimum absolute atomic E-state index is 0. The molecule has 1 heterocycles. The first kappa shape index (κ1) is 30.5. The number of benzene rings is 2. The smallest absolute Gasteiger partial charge is 0.126 e. The molecule has 2 aliphatic carbocycles. The Hall–Kier alpha value is -0.513. The van der Waals surface area contributed by atoms with Gasteiger partial charge in [0, 0.05) is 39.1 Å². The van der Waals surface area contributed by atoms with Crippen LogP contribution in [0.3, 0.4) is 0 Å². The Morgan fingerprint density at radius 1 is 0.545 bits per heavy atom. The molecular weight excluding hydrogens is 449 g/mol. The van der Waals surface area contributed by atoms with Gasteiger partial charge in [0.25, 0.3) is 0 Å². The molecule has 2 saturated carbocycles. The van der Waals surface area contributed by atoms with Crippen molar-refractivity contribution in [1.29, 1.82) is 0 Å². The van der Waals surface area contributed by atoms with Crippen molar-refractivity contribution in [3.63, 3.8) is 0 Å². The van der Waals surface area contributed by atoms with Crippen molar-refractivity contribution < 1.29 is 30.6 Å². The molecule has 3 aliphatic rings. The SMILES string of the molecule is C1CCOC1.CC(C)(C)[Si](c1ccccc1)c1ccccc1.[CH]1[CH][CH][CH][CH]1.[CH]1[CH][CH][CH][CH]1.[Sc]. The average molecular weight is 487 g/mol. The molecule has 5 rings (SSSR count). The first-order valence-corrected chi connectivity index (χ1v) is 13.0. The van der Waals surface area contributed by atoms with Crippen LogP contribution in [-0.4, -0.2) is 22.0 Å². The molecule has 0 unspecified atom stereocenters. The van der Waals surface area contributed by atoms with Gasteiger partial charge in [-0.15, -0.1) is 0 Å². The van der Waals surface area contributed by atoms with Gasteiger partial charge < -0.3 is 4.74 Å². The molecule has 170 valence electrons. The molecule has 0 spiro atoms. The second-order valence-corrected chi connectivity index (χ2v) is 12.0. The van der Waals surface area contributed by atoms with E-state index in [0.717, 1.165) is 13.2 Å². The maximum Gasteiger partial charge on any atom is 0.126 e. The van der Waals surface area contributed by atoms with E-state index in [1.807, 2.05) is 64.2 Å². The van der Waals surface area contributed by atoms with Gasteiger partial charge in [-0.1, -0.05) is 91.8 Å². The van der Waals surface area contributed by atoms with Crippen LogP contribution in [-0.2, 0) is 30.6 Å². The van der Waals surface area contributed by atoms with Crippen LogP contribution < -0.4 is 10.4 Å². The van der Waals surface area contributed by atoms with Gasteiger partial charge in [0.05, 0.1) is 0 Å². The van der Waals surface area contributed by atoms with Crippen LogP contribution in [0.4, 0.5) is 0 Å². The minimum Gasteiger partial charge on any atom is -0.381 e. The fourth-order valence-electron chi connectivity index (χ4n) is 3.39. The summed E-state index contributed by atoms with van der Waals surface area (Å²) in [5.74, 6) is 0. The summed E-state index contributed by atoms with van der Waals surface area (Å²) < 4.78 is 4.94. The van der Waals surface area contributed by atoms with Gasteiger partial charge in [-0.3, -0.25) is 0 Å². The Balaban J connectivity index is 0.000000274. The van der Waals surface area contributed by atoms with Crippen molar-refractivity contribution in [2.45, 2.75) is 38.7 Å². The molecule has 2 aromatic carbocycles. The Kier molecular flexibility index (Phi) is 17.4. The number of hydrogen-bond acceptors (Lipinski definition) is 1. The zero-order valence-electron chi connectivity index (χ0n) is 20.4.